The molecule has 0 saturated carbocycles. The van der Waals surface area contributed by atoms with Crippen LogP contribution in [0.25, 0.3) is 10.6 Å². The first-order valence-electron chi connectivity index (χ1n) is 9.14. The van der Waals surface area contributed by atoms with E-state index in [2.05, 4.69) is 20.8 Å². The van der Waals surface area contributed by atoms with E-state index in [1.54, 1.807) is 24.3 Å². The van der Waals surface area contributed by atoms with Crippen LogP contribution in [0, 0.1) is 5.92 Å². The molecule has 2 aromatic carbocycles. The number of rotatable bonds is 7. The van der Waals surface area contributed by atoms with E-state index in [4.69, 9.17) is 0 Å². The maximum absolute atomic E-state index is 12.8. The van der Waals surface area contributed by atoms with E-state index >= 15 is 0 Å². The molecule has 0 spiro atoms. The molecule has 2 N–H and O–H groups in total. The smallest absolute Gasteiger partial charge is 0.251 e. The van der Waals surface area contributed by atoms with Crippen molar-refractivity contribution in [3.8, 4) is 10.6 Å². The van der Waals surface area contributed by atoms with Gasteiger partial charge in [-0.15, -0.1) is 10.2 Å². The third-order valence-corrected chi connectivity index (χ3v) is 5.38. The lowest BCUT2D eigenvalue weighted by Crippen LogP contribution is -2.47. The fourth-order valence-electron chi connectivity index (χ4n) is 2.67. The summed E-state index contributed by atoms with van der Waals surface area (Å²) in [6.07, 6.45) is 0.749. The van der Waals surface area contributed by atoms with Gasteiger partial charge in [0.05, 0.1) is 0 Å². The number of carbonyl (C=O) groups is 2. The molecular formula is C21H22N4O2S. The average Bonchev–Trinajstić information content (AvgIpc) is 3.21. The van der Waals surface area contributed by atoms with Gasteiger partial charge in [0.1, 0.15) is 11.0 Å². The van der Waals surface area contributed by atoms with E-state index in [1.165, 1.54) is 11.3 Å². The summed E-state index contributed by atoms with van der Waals surface area (Å²) in [4.78, 5) is 25.3. The van der Waals surface area contributed by atoms with Gasteiger partial charge >= 0.3 is 0 Å². The van der Waals surface area contributed by atoms with Crippen molar-refractivity contribution in [1.82, 2.24) is 15.5 Å². The number of amides is 2. The van der Waals surface area contributed by atoms with Gasteiger partial charge in [-0.05, 0) is 18.1 Å². The van der Waals surface area contributed by atoms with E-state index in [-0.39, 0.29) is 17.7 Å². The van der Waals surface area contributed by atoms with Crippen LogP contribution in [0.2, 0.25) is 0 Å². The average molecular weight is 395 g/mol. The zero-order valence-corrected chi connectivity index (χ0v) is 16.6. The minimum Gasteiger partial charge on any atom is -0.340 e. The monoisotopic (exact) mass is 394 g/mol. The third kappa shape index (κ3) is 4.80. The van der Waals surface area contributed by atoms with Crippen LogP contribution in [0.15, 0.2) is 60.7 Å². The Kier molecular flexibility index (Phi) is 6.49. The molecule has 1 aromatic heterocycles. The van der Waals surface area contributed by atoms with Gasteiger partial charge in [0.2, 0.25) is 11.0 Å². The minimum absolute atomic E-state index is 0.0332. The molecule has 3 aromatic rings. The van der Waals surface area contributed by atoms with Gasteiger partial charge in [-0.1, -0.05) is 80.1 Å². The van der Waals surface area contributed by atoms with E-state index in [9.17, 15) is 9.59 Å². The molecule has 144 valence electrons. The van der Waals surface area contributed by atoms with Crippen molar-refractivity contribution in [2.45, 2.75) is 26.3 Å². The van der Waals surface area contributed by atoms with Crippen LogP contribution in [0.1, 0.15) is 30.6 Å². The molecule has 6 nitrogen and oxygen atoms in total. The van der Waals surface area contributed by atoms with Gasteiger partial charge in [0.25, 0.3) is 5.91 Å². The molecular weight excluding hydrogens is 372 g/mol. The Balaban J connectivity index is 1.72. The van der Waals surface area contributed by atoms with Crippen molar-refractivity contribution < 1.29 is 9.59 Å². The predicted octanol–water partition coefficient (Wildman–Crippen LogP) is 3.99. The van der Waals surface area contributed by atoms with E-state index in [1.807, 2.05) is 50.2 Å². The van der Waals surface area contributed by atoms with Gasteiger partial charge < -0.3 is 5.32 Å². The van der Waals surface area contributed by atoms with Crippen molar-refractivity contribution in [1.29, 1.82) is 0 Å². The summed E-state index contributed by atoms with van der Waals surface area (Å²) in [6, 6.07) is 17.9. The Morgan fingerprint density at radius 1 is 1.00 bits per heavy atom. The van der Waals surface area contributed by atoms with Gasteiger partial charge in [-0.3, -0.25) is 14.9 Å². The molecule has 2 atom stereocenters. The molecule has 0 unspecified atom stereocenters. The van der Waals surface area contributed by atoms with E-state index in [0.29, 0.717) is 10.7 Å². The highest BCUT2D eigenvalue weighted by atomic mass is 32.1. The zero-order chi connectivity index (χ0) is 19.9. The molecule has 0 radical (unpaired) electrons. The Hall–Kier alpha value is -3.06. The number of aromatic nitrogens is 2. The van der Waals surface area contributed by atoms with Crippen molar-refractivity contribution in [3.05, 3.63) is 66.2 Å². The number of carbonyl (C=O) groups excluding carboxylic acids is 2. The Bertz CT molecular complexity index is 928. The summed E-state index contributed by atoms with van der Waals surface area (Å²) in [7, 11) is 0. The van der Waals surface area contributed by atoms with Crippen LogP contribution < -0.4 is 10.6 Å². The van der Waals surface area contributed by atoms with Gasteiger partial charge in [-0.25, -0.2) is 0 Å². The van der Waals surface area contributed by atoms with Crippen LogP contribution in [-0.2, 0) is 4.79 Å². The Morgan fingerprint density at radius 2 is 1.64 bits per heavy atom. The number of hydrogen-bond donors (Lipinski definition) is 2. The van der Waals surface area contributed by atoms with Crippen molar-refractivity contribution in [2.24, 2.45) is 5.92 Å². The molecule has 0 aliphatic rings. The summed E-state index contributed by atoms with van der Waals surface area (Å²) in [5, 5.41) is 15.0. The number of benzene rings is 2. The van der Waals surface area contributed by atoms with Gasteiger partial charge in [-0.2, -0.15) is 0 Å². The lowest BCUT2D eigenvalue weighted by atomic mass is 9.98. The molecule has 28 heavy (non-hydrogen) atoms. The number of anilines is 1. The summed E-state index contributed by atoms with van der Waals surface area (Å²) in [6.45, 7) is 3.92. The quantitative estimate of drug-likeness (QED) is 0.635. The standard InChI is InChI=1S/C21H22N4O2S/c1-3-14(2)17(22-18(26)15-10-6-4-7-11-15)19(27)23-21-25-24-20(28-21)16-12-8-5-9-13-16/h4-14,17H,3H2,1-2H3,(H,22,26)(H,23,25,27)/t14-,17+/m0/s1. The summed E-state index contributed by atoms with van der Waals surface area (Å²) < 4.78 is 0. The summed E-state index contributed by atoms with van der Waals surface area (Å²) in [5.74, 6) is -0.605. The topological polar surface area (TPSA) is 84.0 Å². The van der Waals surface area contributed by atoms with E-state index in [0.717, 1.165) is 17.0 Å². The van der Waals surface area contributed by atoms with E-state index < -0.39 is 6.04 Å². The SMILES string of the molecule is CC[C@H](C)[C@@H](NC(=O)c1ccccc1)C(=O)Nc1nnc(-c2ccccc2)s1. The van der Waals surface area contributed by atoms with Crippen molar-refractivity contribution >= 4 is 28.3 Å². The molecule has 0 bridgehead atoms. The highest BCUT2D eigenvalue weighted by Crippen LogP contribution is 2.26. The molecule has 2 amide bonds. The van der Waals surface area contributed by atoms with Crippen molar-refractivity contribution in [3.63, 3.8) is 0 Å². The van der Waals surface area contributed by atoms with Crippen LogP contribution >= 0.6 is 11.3 Å². The normalized spacial score (nSPS) is 12.8. The van der Waals surface area contributed by atoms with Gasteiger partial charge in [0, 0.05) is 11.1 Å². The second-order valence-corrected chi connectivity index (χ2v) is 7.45. The second kappa shape index (κ2) is 9.23. The minimum atomic E-state index is -0.665. The van der Waals surface area contributed by atoms with Crippen LogP contribution in [-0.4, -0.2) is 28.1 Å². The highest BCUT2D eigenvalue weighted by molar-refractivity contribution is 7.18. The molecule has 3 rings (SSSR count). The first-order chi connectivity index (χ1) is 13.6. The molecule has 0 fully saturated rings. The van der Waals surface area contributed by atoms with Crippen molar-refractivity contribution in [2.75, 3.05) is 5.32 Å². The van der Waals surface area contributed by atoms with Gasteiger partial charge in [0.15, 0.2) is 0 Å². The molecule has 0 aliphatic heterocycles. The van der Waals surface area contributed by atoms with Crippen LogP contribution in [0.3, 0.4) is 0 Å². The second-order valence-electron chi connectivity index (χ2n) is 6.47. The van der Waals surface area contributed by atoms with Crippen LogP contribution in [0.4, 0.5) is 5.13 Å². The molecule has 7 heteroatoms. The lowest BCUT2D eigenvalue weighted by Gasteiger charge is -2.23. The summed E-state index contributed by atoms with van der Waals surface area (Å²) >= 11 is 1.30. The molecule has 0 saturated heterocycles. The number of nitrogens with zero attached hydrogens (tertiary/aromatic N) is 2. The Morgan fingerprint density at radius 3 is 2.29 bits per heavy atom. The summed E-state index contributed by atoms with van der Waals surface area (Å²) in [5.41, 5.74) is 1.46. The number of hydrogen-bond acceptors (Lipinski definition) is 5. The maximum Gasteiger partial charge on any atom is 0.251 e. The zero-order valence-electron chi connectivity index (χ0n) is 15.8. The fourth-order valence-corrected chi connectivity index (χ4v) is 3.42. The third-order valence-electron chi connectivity index (χ3n) is 4.49. The first kappa shape index (κ1) is 19.7. The molecule has 1 heterocycles. The highest BCUT2D eigenvalue weighted by Gasteiger charge is 2.27. The lowest BCUT2D eigenvalue weighted by molar-refractivity contribution is -0.119. The van der Waals surface area contributed by atoms with Crippen LogP contribution in [0.5, 0.6) is 0 Å². The number of nitrogens with one attached hydrogen (secondary N) is 2. The molecule has 0 aliphatic carbocycles. The maximum atomic E-state index is 12.8. The predicted molar refractivity (Wildman–Crippen MR) is 111 cm³/mol. The first-order valence-corrected chi connectivity index (χ1v) is 9.95. The largest absolute Gasteiger partial charge is 0.340 e. The Labute approximate surface area is 168 Å². The fraction of sp³-hybridized carbons (Fsp3) is 0.238.